The van der Waals surface area contributed by atoms with Gasteiger partial charge in [0.25, 0.3) is 0 Å². The molecule has 2 aromatic rings. The molecule has 0 atom stereocenters. The summed E-state index contributed by atoms with van der Waals surface area (Å²) >= 11 is 0. The van der Waals surface area contributed by atoms with Gasteiger partial charge in [-0.25, -0.2) is 4.79 Å². The van der Waals surface area contributed by atoms with Crippen LogP contribution in [-0.2, 0) is 5.41 Å². The van der Waals surface area contributed by atoms with Crippen LogP contribution in [0.1, 0.15) is 26.3 Å². The van der Waals surface area contributed by atoms with E-state index in [-0.39, 0.29) is 17.2 Å². The van der Waals surface area contributed by atoms with Gasteiger partial charge in [-0.1, -0.05) is 32.9 Å². The first-order valence-corrected chi connectivity index (χ1v) is 7.21. The molecule has 0 aliphatic rings. The summed E-state index contributed by atoms with van der Waals surface area (Å²) in [6, 6.07) is 14.1. The first kappa shape index (κ1) is 15.9. The molecule has 0 bridgehead atoms. The number of phenolic OH excluding ortho intramolecular Hbond substituents is 1. The smallest absolute Gasteiger partial charge is 0.326 e. The predicted molar refractivity (Wildman–Crippen MR) is 90.7 cm³/mol. The number of aromatic hydroxyl groups is 1. The fourth-order valence-electron chi connectivity index (χ4n) is 2.05. The maximum absolute atomic E-state index is 12.2. The van der Waals surface area contributed by atoms with E-state index in [4.69, 9.17) is 0 Å². The molecule has 2 N–H and O–H groups in total. The van der Waals surface area contributed by atoms with Crippen molar-refractivity contribution in [3.8, 4) is 5.75 Å². The van der Waals surface area contributed by atoms with E-state index in [0.29, 0.717) is 5.69 Å². The minimum absolute atomic E-state index is 0.0887. The lowest BCUT2D eigenvalue weighted by atomic mass is 9.87. The van der Waals surface area contributed by atoms with Gasteiger partial charge in [0.15, 0.2) is 0 Å². The number of amides is 2. The predicted octanol–water partition coefficient (Wildman–Crippen LogP) is 4.36. The van der Waals surface area contributed by atoms with Gasteiger partial charge in [-0.05, 0) is 47.4 Å². The van der Waals surface area contributed by atoms with Gasteiger partial charge < -0.3 is 10.4 Å². The second-order valence-electron chi connectivity index (χ2n) is 6.33. The zero-order valence-electron chi connectivity index (χ0n) is 13.4. The van der Waals surface area contributed by atoms with Crippen molar-refractivity contribution in [1.29, 1.82) is 0 Å². The lowest BCUT2D eigenvalue weighted by molar-refractivity contribution is 0.258. The van der Waals surface area contributed by atoms with Gasteiger partial charge in [0.1, 0.15) is 5.75 Å². The number of hydrogen-bond donors (Lipinski definition) is 2. The number of nitrogens with zero attached hydrogens (tertiary/aromatic N) is 1. The normalized spacial score (nSPS) is 11.1. The van der Waals surface area contributed by atoms with Gasteiger partial charge in [-0.2, -0.15) is 0 Å². The van der Waals surface area contributed by atoms with E-state index in [2.05, 4.69) is 26.1 Å². The van der Waals surface area contributed by atoms with Crippen molar-refractivity contribution < 1.29 is 9.90 Å². The van der Waals surface area contributed by atoms with Gasteiger partial charge in [-0.15, -0.1) is 0 Å². The average Bonchev–Trinajstić information content (AvgIpc) is 2.47. The largest absolute Gasteiger partial charge is 0.508 e. The number of phenols is 1. The topological polar surface area (TPSA) is 52.6 Å². The highest BCUT2D eigenvalue weighted by atomic mass is 16.3. The van der Waals surface area contributed by atoms with Crippen LogP contribution in [-0.4, -0.2) is 18.2 Å². The van der Waals surface area contributed by atoms with Gasteiger partial charge in [0, 0.05) is 18.4 Å². The van der Waals surface area contributed by atoms with Crippen LogP contribution in [0.4, 0.5) is 16.2 Å². The molecule has 0 aliphatic heterocycles. The molecule has 0 fully saturated rings. The van der Waals surface area contributed by atoms with Crippen molar-refractivity contribution in [2.24, 2.45) is 0 Å². The number of anilines is 2. The summed E-state index contributed by atoms with van der Waals surface area (Å²) < 4.78 is 0. The third-order valence-electron chi connectivity index (χ3n) is 3.54. The fourth-order valence-corrected chi connectivity index (χ4v) is 2.05. The first-order valence-electron chi connectivity index (χ1n) is 7.21. The third-order valence-corrected chi connectivity index (χ3v) is 3.54. The van der Waals surface area contributed by atoms with E-state index >= 15 is 0 Å². The van der Waals surface area contributed by atoms with E-state index in [0.717, 1.165) is 5.69 Å². The molecule has 0 unspecified atom stereocenters. The average molecular weight is 298 g/mol. The number of hydrogen-bond acceptors (Lipinski definition) is 2. The Labute approximate surface area is 131 Å². The highest BCUT2D eigenvalue weighted by Crippen LogP contribution is 2.24. The molecular formula is C18H22N2O2. The van der Waals surface area contributed by atoms with E-state index in [1.165, 1.54) is 10.5 Å². The summed E-state index contributed by atoms with van der Waals surface area (Å²) in [6.45, 7) is 6.46. The Morgan fingerprint density at radius 1 is 1.00 bits per heavy atom. The number of rotatable bonds is 2. The summed E-state index contributed by atoms with van der Waals surface area (Å²) in [5.41, 5.74) is 2.77. The quantitative estimate of drug-likeness (QED) is 0.865. The second kappa shape index (κ2) is 6.10. The summed E-state index contributed by atoms with van der Waals surface area (Å²) in [5, 5.41) is 12.1. The lowest BCUT2D eigenvalue weighted by Crippen LogP contribution is -2.31. The maximum Gasteiger partial charge on any atom is 0.326 e. The third kappa shape index (κ3) is 3.79. The van der Waals surface area contributed by atoms with Crippen LogP contribution in [0.2, 0.25) is 0 Å². The Morgan fingerprint density at radius 3 is 2.05 bits per heavy atom. The number of carbonyl (C=O) groups is 1. The van der Waals surface area contributed by atoms with Crippen LogP contribution in [0.25, 0.3) is 0 Å². The molecular weight excluding hydrogens is 276 g/mol. The molecule has 4 heteroatoms. The molecule has 0 heterocycles. The second-order valence-corrected chi connectivity index (χ2v) is 6.33. The van der Waals surface area contributed by atoms with Crippen LogP contribution in [0.3, 0.4) is 0 Å². The van der Waals surface area contributed by atoms with E-state index in [1.807, 2.05) is 24.3 Å². The molecule has 2 amide bonds. The summed E-state index contributed by atoms with van der Waals surface area (Å²) in [4.78, 5) is 13.7. The summed E-state index contributed by atoms with van der Waals surface area (Å²) in [7, 11) is 1.69. The highest BCUT2D eigenvalue weighted by Gasteiger charge is 2.14. The van der Waals surface area contributed by atoms with Crippen molar-refractivity contribution >= 4 is 17.4 Å². The molecule has 0 saturated heterocycles. The molecule has 22 heavy (non-hydrogen) atoms. The monoisotopic (exact) mass is 298 g/mol. The van der Waals surface area contributed by atoms with Crippen LogP contribution in [0.15, 0.2) is 48.5 Å². The van der Waals surface area contributed by atoms with Crippen molar-refractivity contribution in [2.75, 3.05) is 17.3 Å². The van der Waals surface area contributed by atoms with Gasteiger partial charge in [0.2, 0.25) is 0 Å². The zero-order valence-corrected chi connectivity index (χ0v) is 13.4. The molecule has 116 valence electrons. The zero-order chi connectivity index (χ0) is 16.3. The molecule has 0 spiro atoms. The number of carbonyl (C=O) groups excluding carboxylic acids is 1. The number of urea groups is 1. The molecule has 0 aromatic heterocycles. The molecule has 2 rings (SSSR count). The maximum atomic E-state index is 12.2. The van der Waals surface area contributed by atoms with Crippen LogP contribution in [0.5, 0.6) is 5.75 Å². The fraction of sp³-hybridized carbons (Fsp3) is 0.278. The van der Waals surface area contributed by atoms with Gasteiger partial charge >= 0.3 is 6.03 Å². The minimum Gasteiger partial charge on any atom is -0.508 e. The Bertz CT molecular complexity index is 640. The Balaban J connectivity index is 2.06. The Kier molecular flexibility index (Phi) is 4.40. The summed E-state index contributed by atoms with van der Waals surface area (Å²) in [6.07, 6.45) is 0. The van der Waals surface area contributed by atoms with Crippen molar-refractivity contribution in [3.63, 3.8) is 0 Å². The minimum atomic E-state index is -0.228. The van der Waals surface area contributed by atoms with E-state index in [9.17, 15) is 9.90 Å². The van der Waals surface area contributed by atoms with Crippen LogP contribution in [0, 0.1) is 0 Å². The van der Waals surface area contributed by atoms with Crippen molar-refractivity contribution in [3.05, 3.63) is 54.1 Å². The number of nitrogens with one attached hydrogen (secondary N) is 1. The molecule has 0 saturated carbocycles. The SMILES string of the molecule is CN(C(=O)Nc1ccc(C(C)(C)C)cc1)c1ccc(O)cc1. The van der Waals surface area contributed by atoms with Gasteiger partial charge in [0.05, 0.1) is 0 Å². The molecule has 2 aromatic carbocycles. The first-order chi connectivity index (χ1) is 10.3. The van der Waals surface area contributed by atoms with Crippen LogP contribution < -0.4 is 10.2 Å². The standard InChI is InChI=1S/C18H22N2O2/c1-18(2,3)13-5-7-14(8-6-13)19-17(22)20(4)15-9-11-16(21)12-10-15/h5-12,21H,1-4H3,(H,19,22). The van der Waals surface area contributed by atoms with E-state index in [1.54, 1.807) is 31.3 Å². The molecule has 0 aliphatic carbocycles. The number of benzene rings is 2. The van der Waals surface area contributed by atoms with Crippen LogP contribution >= 0.6 is 0 Å². The van der Waals surface area contributed by atoms with Gasteiger partial charge in [-0.3, -0.25) is 4.90 Å². The van der Waals surface area contributed by atoms with Crippen molar-refractivity contribution in [2.45, 2.75) is 26.2 Å². The highest BCUT2D eigenvalue weighted by molar-refractivity contribution is 6.01. The van der Waals surface area contributed by atoms with E-state index < -0.39 is 0 Å². The molecule has 4 nitrogen and oxygen atoms in total. The lowest BCUT2D eigenvalue weighted by Gasteiger charge is -2.20. The molecule has 0 radical (unpaired) electrons. The Hall–Kier alpha value is -2.49. The summed E-state index contributed by atoms with van der Waals surface area (Å²) in [5.74, 6) is 0.176. The Morgan fingerprint density at radius 2 is 1.55 bits per heavy atom. The van der Waals surface area contributed by atoms with Crippen molar-refractivity contribution in [1.82, 2.24) is 0 Å².